The van der Waals surface area contributed by atoms with Crippen LogP contribution in [0, 0.1) is 5.82 Å². The lowest BCUT2D eigenvalue weighted by Crippen LogP contribution is -2.33. The topological polar surface area (TPSA) is 78.3 Å². The van der Waals surface area contributed by atoms with E-state index >= 15 is 0 Å². The molecule has 1 N–H and O–H groups in total. The van der Waals surface area contributed by atoms with E-state index in [9.17, 15) is 9.18 Å². The van der Waals surface area contributed by atoms with Gasteiger partial charge in [0.2, 0.25) is 5.91 Å². The number of nitrogens with zero attached hydrogens (tertiary/aromatic N) is 3. The Kier molecular flexibility index (Phi) is 6.13. The molecule has 0 bridgehead atoms. The first kappa shape index (κ1) is 21.2. The van der Waals surface area contributed by atoms with Crippen LogP contribution in [0.25, 0.3) is 0 Å². The largest absolute Gasteiger partial charge is 0.485 e. The first-order valence-corrected chi connectivity index (χ1v) is 10.8. The summed E-state index contributed by atoms with van der Waals surface area (Å²) in [6.45, 7) is 4.00. The molecule has 0 saturated carbocycles. The van der Waals surface area contributed by atoms with Crippen molar-refractivity contribution in [3.8, 4) is 11.5 Å². The zero-order valence-corrected chi connectivity index (χ0v) is 18.2. The number of carbonyl (C=O) groups excluding carboxylic acids is 1. The normalized spacial score (nSPS) is 17.1. The summed E-state index contributed by atoms with van der Waals surface area (Å²) >= 11 is 1.31. The highest BCUT2D eigenvalue weighted by atomic mass is 32.2. The molecule has 9 heteroatoms. The maximum atomic E-state index is 13.1. The molecule has 4 rings (SSSR count). The minimum atomic E-state index is -0.400. The lowest BCUT2D eigenvalue weighted by molar-refractivity contribution is -0.120. The summed E-state index contributed by atoms with van der Waals surface area (Å²) in [5.41, 5.74) is 0.836. The second-order valence-corrected chi connectivity index (χ2v) is 8.61. The number of benzene rings is 2. The first-order valence-electron chi connectivity index (χ1n) is 9.92. The molecule has 7 nitrogen and oxygen atoms in total. The molecule has 3 atom stereocenters. The van der Waals surface area contributed by atoms with E-state index in [2.05, 4.69) is 15.5 Å². The molecule has 0 aliphatic carbocycles. The molecule has 1 aliphatic rings. The molecule has 1 aromatic heterocycles. The summed E-state index contributed by atoms with van der Waals surface area (Å²) in [7, 11) is 1.84. The van der Waals surface area contributed by atoms with Gasteiger partial charge in [0, 0.05) is 7.05 Å². The van der Waals surface area contributed by atoms with Crippen molar-refractivity contribution in [1.82, 2.24) is 20.1 Å². The number of thioether (sulfide) groups is 1. The third kappa shape index (κ3) is 4.66. The van der Waals surface area contributed by atoms with E-state index < -0.39 is 5.25 Å². The van der Waals surface area contributed by atoms with Gasteiger partial charge in [0.15, 0.2) is 28.6 Å². The summed E-state index contributed by atoms with van der Waals surface area (Å²) in [5.74, 6) is 1.55. The van der Waals surface area contributed by atoms with Gasteiger partial charge >= 0.3 is 0 Å². The van der Waals surface area contributed by atoms with E-state index in [0.29, 0.717) is 29.1 Å². The summed E-state index contributed by atoms with van der Waals surface area (Å²) in [4.78, 5) is 12.6. The molecule has 162 valence electrons. The van der Waals surface area contributed by atoms with Crippen LogP contribution in [0.2, 0.25) is 0 Å². The number of rotatable bonds is 6. The first-order chi connectivity index (χ1) is 14.9. The number of aromatic nitrogens is 3. The Hall–Kier alpha value is -3.07. The van der Waals surface area contributed by atoms with Crippen LogP contribution in [0.3, 0.4) is 0 Å². The summed E-state index contributed by atoms with van der Waals surface area (Å²) < 4.78 is 26.7. The van der Waals surface area contributed by atoms with Crippen LogP contribution < -0.4 is 14.8 Å². The molecule has 3 aromatic rings. The van der Waals surface area contributed by atoms with Gasteiger partial charge in [-0.3, -0.25) is 4.79 Å². The number of amides is 1. The Labute approximate surface area is 184 Å². The van der Waals surface area contributed by atoms with Crippen molar-refractivity contribution in [2.24, 2.45) is 7.05 Å². The molecule has 0 radical (unpaired) electrons. The highest BCUT2D eigenvalue weighted by molar-refractivity contribution is 8.00. The van der Waals surface area contributed by atoms with Gasteiger partial charge in [0.25, 0.3) is 0 Å². The Balaban J connectivity index is 1.39. The maximum Gasteiger partial charge on any atom is 0.233 e. The smallest absolute Gasteiger partial charge is 0.233 e. The highest BCUT2D eigenvalue weighted by Crippen LogP contribution is 2.36. The number of carbonyl (C=O) groups is 1. The van der Waals surface area contributed by atoms with Gasteiger partial charge < -0.3 is 19.4 Å². The van der Waals surface area contributed by atoms with Crippen LogP contribution in [-0.2, 0) is 11.8 Å². The predicted octanol–water partition coefficient (Wildman–Crippen LogP) is 3.82. The van der Waals surface area contributed by atoms with Crippen molar-refractivity contribution in [1.29, 1.82) is 0 Å². The zero-order chi connectivity index (χ0) is 22.0. The predicted molar refractivity (Wildman–Crippen MR) is 115 cm³/mol. The van der Waals surface area contributed by atoms with E-state index in [1.165, 1.54) is 23.9 Å². The molecular weight excluding hydrogens is 419 g/mol. The minimum Gasteiger partial charge on any atom is -0.485 e. The number of fused-ring (bicyclic) bond motifs is 1. The quantitative estimate of drug-likeness (QED) is 0.585. The molecule has 2 heterocycles. The van der Waals surface area contributed by atoms with Gasteiger partial charge in [0.1, 0.15) is 12.4 Å². The Morgan fingerprint density at radius 3 is 2.61 bits per heavy atom. The lowest BCUT2D eigenvalue weighted by atomic mass is 10.1. The monoisotopic (exact) mass is 442 g/mol. The van der Waals surface area contributed by atoms with Crippen molar-refractivity contribution in [3.05, 3.63) is 65.7 Å². The molecule has 31 heavy (non-hydrogen) atoms. The molecule has 0 saturated heterocycles. The number of hydrogen-bond donors (Lipinski definition) is 1. The molecular formula is C22H23FN4O3S. The summed E-state index contributed by atoms with van der Waals surface area (Å²) in [6.07, 6.45) is -0.385. The van der Waals surface area contributed by atoms with E-state index in [0.717, 1.165) is 5.56 Å². The van der Waals surface area contributed by atoms with Crippen molar-refractivity contribution in [2.75, 3.05) is 6.61 Å². The van der Waals surface area contributed by atoms with Gasteiger partial charge in [-0.15, -0.1) is 10.2 Å². The second-order valence-electron chi connectivity index (χ2n) is 7.31. The van der Waals surface area contributed by atoms with Crippen LogP contribution in [0.1, 0.15) is 37.4 Å². The average Bonchev–Trinajstić information content (AvgIpc) is 3.13. The third-order valence-corrected chi connectivity index (χ3v) is 6.18. The molecule has 3 unspecified atom stereocenters. The number of nitrogens with one attached hydrogen (secondary N) is 1. The fourth-order valence-electron chi connectivity index (χ4n) is 3.23. The summed E-state index contributed by atoms with van der Waals surface area (Å²) in [6, 6.07) is 13.3. The summed E-state index contributed by atoms with van der Waals surface area (Å²) in [5, 5.41) is 11.7. The van der Waals surface area contributed by atoms with Crippen LogP contribution in [-0.4, -0.2) is 32.5 Å². The zero-order valence-electron chi connectivity index (χ0n) is 17.4. The molecule has 1 amide bonds. The fraction of sp³-hybridized carbons (Fsp3) is 0.318. The van der Waals surface area contributed by atoms with Crippen molar-refractivity contribution in [2.45, 2.75) is 36.4 Å². The molecule has 1 aliphatic heterocycles. The molecule has 2 aromatic carbocycles. The van der Waals surface area contributed by atoms with E-state index in [1.807, 2.05) is 49.7 Å². The van der Waals surface area contributed by atoms with Crippen molar-refractivity contribution in [3.63, 3.8) is 0 Å². The second kappa shape index (κ2) is 8.97. The Bertz CT molecular complexity index is 1070. The highest BCUT2D eigenvalue weighted by Gasteiger charge is 2.28. The third-order valence-electron chi connectivity index (χ3n) is 5.05. The number of hydrogen-bond acceptors (Lipinski definition) is 6. The van der Waals surface area contributed by atoms with Gasteiger partial charge in [-0.25, -0.2) is 4.39 Å². The fourth-order valence-corrected chi connectivity index (χ4v) is 4.06. The van der Waals surface area contributed by atoms with E-state index in [1.54, 1.807) is 12.1 Å². The standard InChI is InChI=1S/C22H23FN4O3S/c1-13(15-8-10-16(23)11-9-15)24-21(28)14(2)31-22-26-25-20(27(22)3)19-12-29-17-6-4-5-7-18(17)30-19/h4-11,13-14,19H,12H2,1-3H3,(H,24,28). The van der Waals surface area contributed by atoms with Crippen LogP contribution >= 0.6 is 11.8 Å². The molecule has 0 spiro atoms. The Morgan fingerprint density at radius 2 is 1.87 bits per heavy atom. The van der Waals surface area contributed by atoms with Crippen LogP contribution in [0.4, 0.5) is 4.39 Å². The number of para-hydroxylation sites is 2. The van der Waals surface area contributed by atoms with Gasteiger partial charge in [-0.05, 0) is 43.7 Å². The van der Waals surface area contributed by atoms with Gasteiger partial charge in [0.05, 0.1) is 11.3 Å². The average molecular weight is 443 g/mol. The van der Waals surface area contributed by atoms with Crippen molar-refractivity contribution < 1.29 is 18.7 Å². The van der Waals surface area contributed by atoms with E-state index in [4.69, 9.17) is 9.47 Å². The van der Waals surface area contributed by atoms with E-state index in [-0.39, 0.29) is 23.9 Å². The van der Waals surface area contributed by atoms with Crippen molar-refractivity contribution >= 4 is 17.7 Å². The lowest BCUT2D eigenvalue weighted by Gasteiger charge is -2.25. The van der Waals surface area contributed by atoms with Crippen LogP contribution in [0.5, 0.6) is 11.5 Å². The number of ether oxygens (including phenoxy) is 2. The molecule has 0 fully saturated rings. The SMILES string of the molecule is CC(Sc1nnc(C2COc3ccccc3O2)n1C)C(=O)NC(C)c1ccc(F)cc1. The maximum absolute atomic E-state index is 13.1. The number of halogens is 1. The van der Waals surface area contributed by atoms with Gasteiger partial charge in [-0.1, -0.05) is 36.0 Å². The van der Waals surface area contributed by atoms with Crippen LogP contribution in [0.15, 0.2) is 53.7 Å². The minimum absolute atomic E-state index is 0.141. The Morgan fingerprint density at radius 1 is 1.16 bits per heavy atom. The van der Waals surface area contributed by atoms with Gasteiger partial charge in [-0.2, -0.15) is 0 Å².